The Balaban J connectivity index is 1.51. The zero-order chi connectivity index (χ0) is 24.2. The zero-order valence-electron chi connectivity index (χ0n) is 17.0. The Morgan fingerprint density at radius 2 is 1.97 bits per heavy atom. The molecule has 2 aromatic carbocycles. The van der Waals surface area contributed by atoms with E-state index in [4.69, 9.17) is 16.3 Å². The quantitative estimate of drug-likeness (QED) is 0.446. The molecule has 0 aliphatic carbocycles. The van der Waals surface area contributed by atoms with Crippen LogP contribution in [0.15, 0.2) is 36.4 Å². The van der Waals surface area contributed by atoms with Crippen molar-refractivity contribution >= 4 is 29.2 Å². The third kappa shape index (κ3) is 6.72. The van der Waals surface area contributed by atoms with Crippen LogP contribution in [0.2, 0.25) is 5.02 Å². The number of halogens is 5. The molecule has 0 saturated heterocycles. The van der Waals surface area contributed by atoms with E-state index in [2.05, 4.69) is 10.6 Å². The van der Waals surface area contributed by atoms with Crippen LogP contribution in [-0.2, 0) is 11.2 Å². The van der Waals surface area contributed by atoms with Crippen LogP contribution >= 0.6 is 11.6 Å². The molecule has 2 unspecified atom stereocenters. The average molecular weight is 490 g/mol. The normalized spacial score (nSPS) is 15.2. The van der Waals surface area contributed by atoms with Crippen LogP contribution in [0, 0.1) is 5.82 Å². The number of aliphatic hydroxyl groups is 1. The molecule has 1 aliphatic rings. The van der Waals surface area contributed by atoms with E-state index < -0.39 is 40.8 Å². The number of carbonyl (C=O) groups excluding carboxylic acids is 2. The number of anilines is 1. The lowest BCUT2D eigenvalue weighted by Gasteiger charge is -2.23. The molecule has 4 N–H and O–H groups in total. The number of urea groups is 1. The van der Waals surface area contributed by atoms with E-state index in [1.165, 1.54) is 0 Å². The topological polar surface area (TPSA) is 99.7 Å². The number of carbonyl (C=O) groups is 2. The first kappa shape index (κ1) is 24.6. The maximum Gasteiger partial charge on any atom is 0.412 e. The number of fused-ring (bicyclic) bond motifs is 1. The van der Waals surface area contributed by atoms with Crippen molar-refractivity contribution in [1.29, 1.82) is 0 Å². The molecular weight excluding hydrogens is 470 g/mol. The van der Waals surface area contributed by atoms with Crippen LogP contribution in [0.1, 0.15) is 23.6 Å². The van der Waals surface area contributed by atoms with Crippen LogP contribution in [0.4, 0.5) is 28.0 Å². The van der Waals surface area contributed by atoms with Gasteiger partial charge in [-0.1, -0.05) is 17.7 Å². The minimum Gasteiger partial charge on any atom is -0.491 e. The number of hydrogen-bond donors (Lipinski definition) is 4. The average Bonchev–Trinajstić information content (AvgIpc) is 2.75. The molecule has 0 fully saturated rings. The summed E-state index contributed by atoms with van der Waals surface area (Å²) in [6, 6.07) is 3.77. The number of ether oxygens (including phenoxy) is 1. The molecule has 1 aliphatic heterocycles. The molecule has 0 saturated carbocycles. The van der Waals surface area contributed by atoms with E-state index >= 15 is 0 Å². The fourth-order valence-electron chi connectivity index (χ4n) is 3.14. The summed E-state index contributed by atoms with van der Waals surface area (Å²) in [6.45, 7) is -0.622. The maximum absolute atomic E-state index is 13.4. The third-order valence-corrected chi connectivity index (χ3v) is 5.08. The first-order chi connectivity index (χ1) is 15.5. The second kappa shape index (κ2) is 10.3. The predicted octanol–water partition coefficient (Wildman–Crippen LogP) is 3.71. The smallest absolute Gasteiger partial charge is 0.412 e. The second-order valence-electron chi connectivity index (χ2n) is 7.33. The van der Waals surface area contributed by atoms with E-state index in [1.807, 2.05) is 0 Å². The van der Waals surface area contributed by atoms with E-state index in [0.29, 0.717) is 24.3 Å². The van der Waals surface area contributed by atoms with Crippen molar-refractivity contribution in [2.24, 2.45) is 0 Å². The molecule has 2 atom stereocenters. The predicted molar refractivity (Wildman–Crippen MR) is 112 cm³/mol. The summed E-state index contributed by atoms with van der Waals surface area (Å²) in [6.07, 6.45) is -5.19. The fraction of sp³-hybridized carbons (Fsp3) is 0.333. The van der Waals surface area contributed by atoms with Crippen molar-refractivity contribution < 1.29 is 37.0 Å². The Kier molecular flexibility index (Phi) is 7.65. The highest BCUT2D eigenvalue weighted by Gasteiger charge is 2.42. The lowest BCUT2D eigenvalue weighted by molar-refractivity contribution is -0.155. The number of nitrogens with one attached hydrogen (secondary N) is 3. The zero-order valence-corrected chi connectivity index (χ0v) is 17.8. The Morgan fingerprint density at radius 1 is 1.21 bits per heavy atom. The molecule has 0 spiro atoms. The van der Waals surface area contributed by atoms with Gasteiger partial charge in [-0.05, 0) is 47.9 Å². The van der Waals surface area contributed by atoms with Gasteiger partial charge < -0.3 is 25.8 Å². The van der Waals surface area contributed by atoms with Crippen molar-refractivity contribution in [3.05, 3.63) is 58.4 Å². The molecule has 1 heterocycles. The van der Waals surface area contributed by atoms with Crippen molar-refractivity contribution in [2.45, 2.75) is 31.2 Å². The molecule has 178 valence electrons. The van der Waals surface area contributed by atoms with E-state index in [1.54, 1.807) is 23.5 Å². The Morgan fingerprint density at radius 3 is 2.67 bits per heavy atom. The molecule has 7 nitrogen and oxygen atoms in total. The molecule has 0 bridgehead atoms. The summed E-state index contributed by atoms with van der Waals surface area (Å²) in [5.74, 6) is -0.539. The Labute approximate surface area is 191 Å². The van der Waals surface area contributed by atoms with Gasteiger partial charge >= 0.3 is 12.2 Å². The SMILES string of the molecule is O=C1CCc2cc(OCC(O)CNC(=O)NC(c3ccc(F)c(Cl)c3)C(F)(F)F)ccc2N1. The molecule has 3 rings (SSSR count). The Hall–Kier alpha value is -3.05. The Bertz CT molecular complexity index is 1040. The summed E-state index contributed by atoms with van der Waals surface area (Å²) in [5, 5.41) is 16.1. The summed E-state index contributed by atoms with van der Waals surface area (Å²) < 4.78 is 58.8. The van der Waals surface area contributed by atoms with Gasteiger partial charge in [0.05, 0.1) is 5.02 Å². The number of rotatable bonds is 7. The van der Waals surface area contributed by atoms with Crippen molar-refractivity contribution in [2.75, 3.05) is 18.5 Å². The second-order valence-corrected chi connectivity index (χ2v) is 7.74. The molecule has 12 heteroatoms. The van der Waals surface area contributed by atoms with Gasteiger partial charge in [-0.2, -0.15) is 13.2 Å². The lowest BCUT2D eigenvalue weighted by Crippen LogP contribution is -2.46. The van der Waals surface area contributed by atoms with Gasteiger partial charge in [0.25, 0.3) is 0 Å². The summed E-state index contributed by atoms with van der Waals surface area (Å²) in [5.41, 5.74) is 1.11. The monoisotopic (exact) mass is 489 g/mol. The van der Waals surface area contributed by atoms with Crippen molar-refractivity contribution in [1.82, 2.24) is 10.6 Å². The standard InChI is InChI=1S/C21H20ClF4N3O4/c22-15-8-12(1-4-16(15)23)19(21(24,25)26)29-20(32)27-9-13(30)10-33-14-3-5-17-11(7-14)2-6-18(31)28-17/h1,3-5,7-8,13,19,30H,2,6,9-10H2,(H,28,31)(H2,27,29,32). The van der Waals surface area contributed by atoms with Gasteiger partial charge in [0, 0.05) is 18.7 Å². The first-order valence-electron chi connectivity index (χ1n) is 9.82. The maximum atomic E-state index is 13.4. The van der Waals surface area contributed by atoms with E-state index in [-0.39, 0.29) is 19.1 Å². The minimum atomic E-state index is -4.87. The number of aryl methyl sites for hydroxylation is 1. The third-order valence-electron chi connectivity index (χ3n) is 4.79. The number of hydrogen-bond acceptors (Lipinski definition) is 4. The van der Waals surface area contributed by atoms with Crippen LogP contribution in [-0.4, -0.2) is 42.5 Å². The highest BCUT2D eigenvalue weighted by atomic mass is 35.5. The van der Waals surface area contributed by atoms with Crippen LogP contribution in [0.3, 0.4) is 0 Å². The highest BCUT2D eigenvalue weighted by Crippen LogP contribution is 2.34. The van der Waals surface area contributed by atoms with Crippen molar-refractivity contribution in [3.8, 4) is 5.75 Å². The molecule has 2 aromatic rings. The van der Waals surface area contributed by atoms with Crippen LogP contribution in [0.25, 0.3) is 0 Å². The fourth-order valence-corrected chi connectivity index (χ4v) is 3.33. The van der Waals surface area contributed by atoms with Gasteiger partial charge in [0.1, 0.15) is 24.3 Å². The number of benzene rings is 2. The highest BCUT2D eigenvalue weighted by molar-refractivity contribution is 6.30. The summed E-state index contributed by atoms with van der Waals surface area (Å²) in [4.78, 5) is 23.4. The minimum absolute atomic E-state index is 0.0776. The van der Waals surface area contributed by atoms with Gasteiger partial charge in [-0.15, -0.1) is 0 Å². The lowest BCUT2D eigenvalue weighted by atomic mass is 10.0. The van der Waals surface area contributed by atoms with Crippen LogP contribution in [0.5, 0.6) is 5.75 Å². The summed E-state index contributed by atoms with van der Waals surface area (Å²) in [7, 11) is 0. The van der Waals surface area contributed by atoms with Gasteiger partial charge in [-0.3, -0.25) is 4.79 Å². The van der Waals surface area contributed by atoms with Gasteiger partial charge in [0.2, 0.25) is 5.91 Å². The van der Waals surface area contributed by atoms with Crippen LogP contribution < -0.4 is 20.7 Å². The number of alkyl halides is 3. The molecule has 3 amide bonds. The van der Waals surface area contributed by atoms with E-state index in [9.17, 15) is 32.3 Å². The molecule has 33 heavy (non-hydrogen) atoms. The molecular formula is C21H20ClF4N3O4. The van der Waals surface area contributed by atoms with Gasteiger partial charge in [-0.25, -0.2) is 9.18 Å². The molecule has 0 radical (unpaired) electrons. The number of amides is 3. The van der Waals surface area contributed by atoms with Crippen molar-refractivity contribution in [3.63, 3.8) is 0 Å². The number of aliphatic hydroxyl groups excluding tert-OH is 1. The largest absolute Gasteiger partial charge is 0.491 e. The van der Waals surface area contributed by atoms with Gasteiger partial charge in [0.15, 0.2) is 6.04 Å². The summed E-state index contributed by atoms with van der Waals surface area (Å²) >= 11 is 5.54. The van der Waals surface area contributed by atoms with E-state index in [0.717, 1.165) is 23.8 Å². The first-order valence-corrected chi connectivity index (χ1v) is 10.2. The molecule has 0 aromatic heterocycles.